The third-order valence-electron chi connectivity index (χ3n) is 4.08. The molecule has 2 aliphatic heterocycles. The first-order chi connectivity index (χ1) is 9.58. The van der Waals surface area contributed by atoms with Crippen LogP contribution in [0, 0.1) is 0 Å². The third-order valence-corrected chi connectivity index (χ3v) is 4.08. The lowest BCUT2D eigenvalue weighted by atomic mass is 9.95. The van der Waals surface area contributed by atoms with Crippen LogP contribution in [0.5, 0.6) is 0 Å². The summed E-state index contributed by atoms with van der Waals surface area (Å²) in [5.74, 6) is 0. The fourth-order valence-electron chi connectivity index (χ4n) is 2.89. The van der Waals surface area contributed by atoms with Crippen molar-refractivity contribution in [1.82, 2.24) is 14.7 Å². The second kappa shape index (κ2) is 11.7. The van der Waals surface area contributed by atoms with Crippen molar-refractivity contribution in [1.29, 1.82) is 0 Å². The van der Waals surface area contributed by atoms with Gasteiger partial charge in [-0.05, 0) is 51.7 Å². The van der Waals surface area contributed by atoms with Gasteiger partial charge in [-0.3, -0.25) is 4.90 Å². The zero-order valence-electron chi connectivity index (χ0n) is 14.4. The van der Waals surface area contributed by atoms with Crippen molar-refractivity contribution in [2.75, 3.05) is 53.9 Å². The Bertz CT molecular complexity index is 356. The van der Waals surface area contributed by atoms with Gasteiger partial charge in [0, 0.05) is 38.8 Å². The van der Waals surface area contributed by atoms with Crippen LogP contribution in [0.25, 0.3) is 0 Å². The molecule has 132 valence electrons. The highest BCUT2D eigenvalue weighted by atomic mass is 15.2. The van der Waals surface area contributed by atoms with Gasteiger partial charge in [-0.15, -0.1) is 0 Å². The molecule has 0 aliphatic carbocycles. The SMILES string of the molecule is C.C.CC.CC1=CCN(C)C2=C1CN(CCCN(C)C)CC2. The van der Waals surface area contributed by atoms with Crippen molar-refractivity contribution in [3.05, 3.63) is 22.9 Å². The minimum Gasteiger partial charge on any atom is -0.374 e. The molecule has 2 aliphatic rings. The van der Waals surface area contributed by atoms with E-state index in [2.05, 4.69) is 48.8 Å². The molecule has 0 saturated carbocycles. The molecule has 2 heterocycles. The maximum absolute atomic E-state index is 2.61. The molecule has 0 atom stereocenters. The molecule has 0 fully saturated rings. The molecule has 0 aromatic carbocycles. The van der Waals surface area contributed by atoms with E-state index < -0.39 is 0 Å². The number of rotatable bonds is 4. The van der Waals surface area contributed by atoms with Crippen molar-refractivity contribution in [3.8, 4) is 0 Å². The molecule has 2 rings (SSSR count). The first-order valence-corrected chi connectivity index (χ1v) is 8.05. The van der Waals surface area contributed by atoms with E-state index in [1.165, 1.54) is 38.0 Å². The van der Waals surface area contributed by atoms with Crippen LogP contribution < -0.4 is 0 Å². The van der Waals surface area contributed by atoms with Gasteiger partial charge in [-0.2, -0.15) is 0 Å². The number of hydrogen-bond acceptors (Lipinski definition) is 3. The third kappa shape index (κ3) is 6.53. The van der Waals surface area contributed by atoms with Gasteiger partial charge in [0.25, 0.3) is 0 Å². The van der Waals surface area contributed by atoms with Crippen LogP contribution in [-0.4, -0.2) is 68.6 Å². The van der Waals surface area contributed by atoms with Gasteiger partial charge in [0.05, 0.1) is 0 Å². The van der Waals surface area contributed by atoms with E-state index in [4.69, 9.17) is 0 Å². The Labute approximate surface area is 140 Å². The summed E-state index contributed by atoms with van der Waals surface area (Å²) in [4.78, 5) is 7.30. The van der Waals surface area contributed by atoms with Crippen LogP contribution in [0.1, 0.15) is 48.5 Å². The van der Waals surface area contributed by atoms with E-state index in [9.17, 15) is 0 Å². The summed E-state index contributed by atoms with van der Waals surface area (Å²) < 4.78 is 0. The van der Waals surface area contributed by atoms with Crippen LogP contribution in [0.4, 0.5) is 0 Å². The van der Waals surface area contributed by atoms with E-state index in [-0.39, 0.29) is 14.9 Å². The first kappa shape index (κ1) is 23.5. The Morgan fingerprint density at radius 2 is 1.82 bits per heavy atom. The summed E-state index contributed by atoms with van der Waals surface area (Å²) in [6, 6.07) is 0. The lowest BCUT2D eigenvalue weighted by molar-refractivity contribution is 0.246. The molecule has 0 saturated heterocycles. The first-order valence-electron chi connectivity index (χ1n) is 8.05. The van der Waals surface area contributed by atoms with Crippen LogP contribution in [0.2, 0.25) is 0 Å². The van der Waals surface area contributed by atoms with E-state index in [0.717, 1.165) is 13.1 Å². The topological polar surface area (TPSA) is 9.72 Å². The molecular formula is C19H41N3. The second-order valence-electron chi connectivity index (χ2n) is 5.88. The standard InChI is InChI=1S/C15H27N3.C2H6.2CH4/c1-13-6-10-17(4)15-7-11-18(12-14(13)15)9-5-8-16(2)3;1-2;;/h6H,5,7-12H2,1-4H3;1-2H3;2*1H4. The molecule has 0 bridgehead atoms. The fraction of sp³-hybridized carbons (Fsp3) is 0.789. The maximum Gasteiger partial charge on any atom is 0.0359 e. The lowest BCUT2D eigenvalue weighted by Gasteiger charge is -2.37. The summed E-state index contributed by atoms with van der Waals surface area (Å²) in [5.41, 5.74) is 4.67. The number of likely N-dealkylation sites (N-methyl/N-ethyl adjacent to an activating group) is 1. The van der Waals surface area contributed by atoms with Crippen molar-refractivity contribution < 1.29 is 0 Å². The molecular weight excluding hydrogens is 270 g/mol. The second-order valence-corrected chi connectivity index (χ2v) is 5.88. The fourth-order valence-corrected chi connectivity index (χ4v) is 2.89. The number of hydrogen-bond donors (Lipinski definition) is 0. The van der Waals surface area contributed by atoms with Gasteiger partial charge in [-0.1, -0.05) is 34.8 Å². The minimum absolute atomic E-state index is 0. The zero-order valence-corrected chi connectivity index (χ0v) is 14.4. The van der Waals surface area contributed by atoms with E-state index >= 15 is 0 Å². The molecule has 0 radical (unpaired) electrons. The van der Waals surface area contributed by atoms with Crippen molar-refractivity contribution >= 4 is 0 Å². The summed E-state index contributed by atoms with van der Waals surface area (Å²) in [5, 5.41) is 0. The van der Waals surface area contributed by atoms with Gasteiger partial charge < -0.3 is 9.80 Å². The maximum atomic E-state index is 2.61. The van der Waals surface area contributed by atoms with Crippen molar-refractivity contribution in [2.24, 2.45) is 0 Å². The summed E-state index contributed by atoms with van der Waals surface area (Å²) in [6.07, 6.45) is 4.86. The quantitative estimate of drug-likeness (QED) is 0.774. The lowest BCUT2D eigenvalue weighted by Crippen LogP contribution is -2.38. The molecule has 0 aromatic heterocycles. The summed E-state index contributed by atoms with van der Waals surface area (Å²) in [7, 11) is 6.53. The molecule has 22 heavy (non-hydrogen) atoms. The van der Waals surface area contributed by atoms with E-state index in [0.29, 0.717) is 0 Å². The highest BCUT2D eigenvalue weighted by Gasteiger charge is 2.23. The minimum atomic E-state index is 0. The van der Waals surface area contributed by atoms with Crippen LogP contribution in [0.15, 0.2) is 22.9 Å². The Morgan fingerprint density at radius 1 is 1.18 bits per heavy atom. The van der Waals surface area contributed by atoms with Gasteiger partial charge in [0.2, 0.25) is 0 Å². The highest BCUT2D eigenvalue weighted by Crippen LogP contribution is 2.28. The predicted molar refractivity (Wildman–Crippen MR) is 102 cm³/mol. The average molecular weight is 312 g/mol. The summed E-state index contributed by atoms with van der Waals surface area (Å²) in [6.45, 7) is 12.2. The molecule has 3 nitrogen and oxygen atoms in total. The predicted octanol–water partition coefficient (Wildman–Crippen LogP) is 4.09. The summed E-state index contributed by atoms with van der Waals surface area (Å²) >= 11 is 0. The average Bonchev–Trinajstić information content (AvgIpc) is 2.45. The number of nitrogens with zero attached hydrogens (tertiary/aromatic N) is 3. The van der Waals surface area contributed by atoms with E-state index in [1.807, 2.05) is 13.8 Å². The van der Waals surface area contributed by atoms with Crippen LogP contribution >= 0.6 is 0 Å². The van der Waals surface area contributed by atoms with Crippen LogP contribution in [0.3, 0.4) is 0 Å². The van der Waals surface area contributed by atoms with Crippen molar-refractivity contribution in [3.63, 3.8) is 0 Å². The van der Waals surface area contributed by atoms with Gasteiger partial charge in [-0.25, -0.2) is 0 Å². The van der Waals surface area contributed by atoms with Crippen LogP contribution in [-0.2, 0) is 0 Å². The Morgan fingerprint density at radius 3 is 2.41 bits per heavy atom. The van der Waals surface area contributed by atoms with Gasteiger partial charge >= 0.3 is 0 Å². The normalized spacial score (nSPS) is 17.8. The van der Waals surface area contributed by atoms with Gasteiger partial charge in [0.15, 0.2) is 0 Å². The Kier molecular flexibility index (Phi) is 12.5. The Hall–Kier alpha value is -0.800. The monoisotopic (exact) mass is 311 g/mol. The zero-order chi connectivity index (χ0) is 15.1. The van der Waals surface area contributed by atoms with E-state index in [1.54, 1.807) is 11.3 Å². The molecule has 0 unspecified atom stereocenters. The van der Waals surface area contributed by atoms with Crippen molar-refractivity contribution in [2.45, 2.75) is 48.5 Å². The Balaban J connectivity index is 0. The van der Waals surface area contributed by atoms with Gasteiger partial charge in [0.1, 0.15) is 0 Å². The molecule has 0 aromatic rings. The molecule has 0 N–H and O–H groups in total. The molecule has 0 spiro atoms. The smallest absolute Gasteiger partial charge is 0.0359 e. The molecule has 0 amide bonds. The largest absolute Gasteiger partial charge is 0.374 e. The molecule has 3 heteroatoms. The highest BCUT2D eigenvalue weighted by molar-refractivity contribution is 5.39.